The van der Waals surface area contributed by atoms with Gasteiger partial charge in [0.15, 0.2) is 11.5 Å². The van der Waals surface area contributed by atoms with Crippen LogP contribution in [0.1, 0.15) is 10.5 Å². The van der Waals surface area contributed by atoms with Gasteiger partial charge < -0.3 is 14.7 Å². The number of hydrogen-bond acceptors (Lipinski definition) is 4. The van der Waals surface area contributed by atoms with Gasteiger partial charge in [-0.1, -0.05) is 16.8 Å². The van der Waals surface area contributed by atoms with E-state index in [0.29, 0.717) is 17.3 Å². The first kappa shape index (κ1) is 14.6. The zero-order chi connectivity index (χ0) is 14.5. The van der Waals surface area contributed by atoms with Crippen molar-refractivity contribution < 1.29 is 9.32 Å². The summed E-state index contributed by atoms with van der Waals surface area (Å²) in [5.41, 5.74) is 1.10. The van der Waals surface area contributed by atoms with Crippen LogP contribution in [0.2, 0.25) is 5.02 Å². The van der Waals surface area contributed by atoms with Gasteiger partial charge in [0.1, 0.15) is 0 Å². The van der Waals surface area contributed by atoms with Crippen molar-refractivity contribution in [1.82, 2.24) is 15.4 Å². The van der Waals surface area contributed by atoms with E-state index < -0.39 is 0 Å². The van der Waals surface area contributed by atoms with Crippen molar-refractivity contribution in [2.24, 2.45) is 0 Å². The highest BCUT2D eigenvalue weighted by atomic mass is 35.5. The number of carbonyl (C=O) groups excluding carboxylic acids is 1. The van der Waals surface area contributed by atoms with Crippen molar-refractivity contribution in [1.29, 1.82) is 0 Å². The average molecular weight is 294 g/mol. The molecule has 1 heterocycles. The van der Waals surface area contributed by atoms with Crippen LogP contribution in [0.4, 0.5) is 0 Å². The molecule has 1 amide bonds. The smallest absolute Gasteiger partial charge is 0.273 e. The minimum Gasteiger partial charge on any atom is -0.355 e. The van der Waals surface area contributed by atoms with Crippen LogP contribution in [-0.4, -0.2) is 43.1 Å². The summed E-state index contributed by atoms with van der Waals surface area (Å²) < 4.78 is 5.17. The summed E-state index contributed by atoms with van der Waals surface area (Å²) in [5, 5.41) is 7.21. The normalized spacial score (nSPS) is 10.8. The van der Waals surface area contributed by atoms with Crippen LogP contribution in [0.3, 0.4) is 0 Å². The first-order chi connectivity index (χ1) is 9.56. The zero-order valence-electron chi connectivity index (χ0n) is 11.4. The molecule has 0 aliphatic carbocycles. The summed E-state index contributed by atoms with van der Waals surface area (Å²) in [7, 11) is 3.89. The van der Waals surface area contributed by atoms with Crippen molar-refractivity contribution in [2.45, 2.75) is 0 Å². The molecule has 0 radical (unpaired) electrons. The molecule has 0 atom stereocenters. The maximum absolute atomic E-state index is 11.9. The predicted octanol–water partition coefficient (Wildman–Crippen LogP) is 2.29. The van der Waals surface area contributed by atoms with E-state index in [1.54, 1.807) is 18.2 Å². The Hall–Kier alpha value is -1.85. The van der Waals surface area contributed by atoms with Gasteiger partial charge >= 0.3 is 0 Å². The second kappa shape index (κ2) is 6.54. The SMILES string of the molecule is CN(C)CCNC(=O)c1cc(-c2ccc(Cl)cc2)on1. The fourth-order valence-electron chi connectivity index (χ4n) is 1.62. The molecule has 1 aromatic carbocycles. The summed E-state index contributed by atoms with van der Waals surface area (Å²) >= 11 is 5.82. The fourth-order valence-corrected chi connectivity index (χ4v) is 1.74. The van der Waals surface area contributed by atoms with E-state index in [-0.39, 0.29) is 11.6 Å². The molecule has 0 bridgehead atoms. The van der Waals surface area contributed by atoms with Gasteiger partial charge in [-0.05, 0) is 38.4 Å². The number of aromatic nitrogens is 1. The molecule has 2 rings (SSSR count). The molecule has 5 nitrogen and oxygen atoms in total. The third-order valence-electron chi connectivity index (χ3n) is 2.72. The van der Waals surface area contributed by atoms with Crippen LogP contribution in [0.15, 0.2) is 34.9 Å². The number of rotatable bonds is 5. The Kier molecular flexibility index (Phi) is 4.76. The summed E-state index contributed by atoms with van der Waals surface area (Å²) in [6, 6.07) is 8.77. The third kappa shape index (κ3) is 3.82. The van der Waals surface area contributed by atoms with Gasteiger partial charge in [-0.25, -0.2) is 0 Å². The van der Waals surface area contributed by atoms with Crippen molar-refractivity contribution in [3.63, 3.8) is 0 Å². The molecule has 0 fully saturated rings. The van der Waals surface area contributed by atoms with E-state index in [2.05, 4.69) is 10.5 Å². The summed E-state index contributed by atoms with van der Waals surface area (Å²) in [6.45, 7) is 1.34. The van der Waals surface area contributed by atoms with Crippen LogP contribution in [-0.2, 0) is 0 Å². The second-order valence-electron chi connectivity index (χ2n) is 4.64. The first-order valence-corrected chi connectivity index (χ1v) is 6.59. The largest absolute Gasteiger partial charge is 0.355 e. The standard InChI is InChI=1S/C14H16ClN3O2/c1-18(2)8-7-16-14(19)12-9-13(20-17-12)10-3-5-11(15)6-4-10/h3-6,9H,7-8H2,1-2H3,(H,16,19). The van der Waals surface area contributed by atoms with E-state index in [9.17, 15) is 4.79 Å². The average Bonchev–Trinajstić information content (AvgIpc) is 2.88. The van der Waals surface area contributed by atoms with Gasteiger partial charge in [0, 0.05) is 29.7 Å². The minimum absolute atomic E-state index is 0.240. The molecule has 106 valence electrons. The molecule has 0 aliphatic heterocycles. The molecule has 0 saturated carbocycles. The highest BCUT2D eigenvalue weighted by Crippen LogP contribution is 2.22. The highest BCUT2D eigenvalue weighted by molar-refractivity contribution is 6.30. The van der Waals surface area contributed by atoms with E-state index in [1.807, 2.05) is 31.1 Å². The van der Waals surface area contributed by atoms with Gasteiger partial charge in [0.05, 0.1) is 0 Å². The first-order valence-electron chi connectivity index (χ1n) is 6.22. The van der Waals surface area contributed by atoms with Crippen molar-refractivity contribution in [3.8, 4) is 11.3 Å². The third-order valence-corrected chi connectivity index (χ3v) is 2.97. The lowest BCUT2D eigenvalue weighted by molar-refractivity contribution is 0.0942. The van der Waals surface area contributed by atoms with Crippen LogP contribution in [0.25, 0.3) is 11.3 Å². The maximum Gasteiger partial charge on any atom is 0.273 e. The van der Waals surface area contributed by atoms with Crippen LogP contribution < -0.4 is 5.32 Å². The Morgan fingerprint density at radius 3 is 2.70 bits per heavy atom. The van der Waals surface area contributed by atoms with Crippen LogP contribution in [0, 0.1) is 0 Å². The molecule has 0 saturated heterocycles. The second-order valence-corrected chi connectivity index (χ2v) is 5.08. The van der Waals surface area contributed by atoms with Crippen LogP contribution >= 0.6 is 11.6 Å². The number of likely N-dealkylation sites (N-methyl/N-ethyl adjacent to an activating group) is 1. The molecular weight excluding hydrogens is 278 g/mol. The lowest BCUT2D eigenvalue weighted by Gasteiger charge is -2.08. The highest BCUT2D eigenvalue weighted by Gasteiger charge is 2.13. The molecule has 0 spiro atoms. The number of nitrogens with one attached hydrogen (secondary N) is 1. The molecule has 2 aromatic rings. The molecule has 1 N–H and O–H groups in total. The number of amides is 1. The summed E-state index contributed by atoms with van der Waals surface area (Å²) in [5.74, 6) is 0.301. The van der Waals surface area contributed by atoms with Crippen molar-refractivity contribution >= 4 is 17.5 Å². The Morgan fingerprint density at radius 2 is 2.05 bits per heavy atom. The molecule has 20 heavy (non-hydrogen) atoms. The Balaban J connectivity index is 2.01. The quantitative estimate of drug-likeness (QED) is 0.919. The number of nitrogens with zero attached hydrogens (tertiary/aromatic N) is 2. The zero-order valence-corrected chi connectivity index (χ0v) is 12.1. The van der Waals surface area contributed by atoms with Gasteiger partial charge in [0.2, 0.25) is 0 Å². The van der Waals surface area contributed by atoms with E-state index in [0.717, 1.165) is 12.1 Å². The Morgan fingerprint density at radius 1 is 1.35 bits per heavy atom. The number of halogens is 1. The summed E-state index contributed by atoms with van der Waals surface area (Å²) in [4.78, 5) is 13.8. The lowest BCUT2D eigenvalue weighted by atomic mass is 10.1. The van der Waals surface area contributed by atoms with Gasteiger partial charge in [-0.3, -0.25) is 4.79 Å². The van der Waals surface area contributed by atoms with Gasteiger partial charge in [-0.15, -0.1) is 0 Å². The monoisotopic (exact) mass is 293 g/mol. The lowest BCUT2D eigenvalue weighted by Crippen LogP contribution is -2.31. The minimum atomic E-state index is -0.240. The predicted molar refractivity (Wildman–Crippen MR) is 77.8 cm³/mol. The number of carbonyl (C=O) groups is 1. The van der Waals surface area contributed by atoms with Gasteiger partial charge in [0.25, 0.3) is 5.91 Å². The number of hydrogen-bond donors (Lipinski definition) is 1. The summed E-state index contributed by atoms with van der Waals surface area (Å²) in [6.07, 6.45) is 0. The van der Waals surface area contributed by atoms with E-state index in [4.69, 9.17) is 16.1 Å². The number of benzene rings is 1. The van der Waals surface area contributed by atoms with Gasteiger partial charge in [-0.2, -0.15) is 0 Å². The van der Waals surface area contributed by atoms with Crippen molar-refractivity contribution in [3.05, 3.63) is 41.0 Å². The topological polar surface area (TPSA) is 58.4 Å². The molecule has 0 aliphatic rings. The van der Waals surface area contributed by atoms with Crippen molar-refractivity contribution in [2.75, 3.05) is 27.2 Å². The molecule has 6 heteroatoms. The van der Waals surface area contributed by atoms with E-state index in [1.165, 1.54) is 0 Å². The maximum atomic E-state index is 11.9. The molecule has 1 aromatic heterocycles. The Labute approximate surface area is 122 Å². The molecule has 0 unspecified atom stereocenters. The fraction of sp³-hybridized carbons (Fsp3) is 0.286. The Bertz CT molecular complexity index is 578. The van der Waals surface area contributed by atoms with Crippen LogP contribution in [0.5, 0.6) is 0 Å². The molecular formula is C14H16ClN3O2. The van der Waals surface area contributed by atoms with E-state index >= 15 is 0 Å².